The second-order valence-electron chi connectivity index (χ2n) is 2.34. The summed E-state index contributed by atoms with van der Waals surface area (Å²) in [7, 11) is 2.77. The fourth-order valence-electron chi connectivity index (χ4n) is 0.592. The summed E-state index contributed by atoms with van der Waals surface area (Å²) >= 11 is 0. The summed E-state index contributed by atoms with van der Waals surface area (Å²) in [6, 6.07) is 0. The van der Waals surface area contributed by atoms with Crippen molar-refractivity contribution in [1.29, 1.82) is 0 Å². The fraction of sp³-hybridized carbons (Fsp3) is 0.833. The van der Waals surface area contributed by atoms with Crippen LogP contribution in [0.2, 0.25) is 0 Å². The van der Waals surface area contributed by atoms with Gasteiger partial charge in [-0.15, -0.1) is 0 Å². The number of esters is 1. The largest absolute Gasteiger partial charge is 0.468 e. The lowest BCUT2D eigenvalue weighted by atomic mass is 10.1. The SMILES string of the molecule is COC[C@@](C)(N)C(=O)OC. The van der Waals surface area contributed by atoms with Crippen molar-refractivity contribution in [3.63, 3.8) is 0 Å². The Morgan fingerprint density at radius 1 is 1.60 bits per heavy atom. The zero-order chi connectivity index (χ0) is 8.20. The van der Waals surface area contributed by atoms with Crippen LogP contribution in [0.5, 0.6) is 0 Å². The first-order valence-electron chi connectivity index (χ1n) is 2.91. The molecule has 0 aromatic heterocycles. The first-order valence-corrected chi connectivity index (χ1v) is 2.91. The van der Waals surface area contributed by atoms with Crippen LogP contribution in [0.25, 0.3) is 0 Å². The minimum Gasteiger partial charge on any atom is -0.468 e. The molecule has 0 amide bonds. The van der Waals surface area contributed by atoms with Gasteiger partial charge in [-0.05, 0) is 6.92 Å². The molecule has 0 aromatic carbocycles. The van der Waals surface area contributed by atoms with Gasteiger partial charge in [0, 0.05) is 7.11 Å². The summed E-state index contributed by atoms with van der Waals surface area (Å²) in [5.74, 6) is -0.464. The Kier molecular flexibility index (Phi) is 3.32. The van der Waals surface area contributed by atoms with E-state index < -0.39 is 11.5 Å². The Balaban J connectivity index is 3.96. The van der Waals surface area contributed by atoms with Gasteiger partial charge in [0.25, 0.3) is 0 Å². The topological polar surface area (TPSA) is 61.5 Å². The summed E-state index contributed by atoms with van der Waals surface area (Å²) in [5, 5.41) is 0. The van der Waals surface area contributed by atoms with E-state index in [1.807, 2.05) is 0 Å². The van der Waals surface area contributed by atoms with Crippen LogP contribution in [0.15, 0.2) is 0 Å². The summed E-state index contributed by atoms with van der Waals surface area (Å²) in [6.07, 6.45) is 0. The van der Waals surface area contributed by atoms with E-state index in [1.54, 1.807) is 6.92 Å². The van der Waals surface area contributed by atoms with Crippen molar-refractivity contribution in [3.05, 3.63) is 0 Å². The van der Waals surface area contributed by atoms with Crippen molar-refractivity contribution in [2.24, 2.45) is 5.73 Å². The molecule has 60 valence electrons. The predicted molar refractivity (Wildman–Crippen MR) is 36.5 cm³/mol. The average Bonchev–Trinajstić information content (AvgIpc) is 1.86. The van der Waals surface area contributed by atoms with Gasteiger partial charge < -0.3 is 15.2 Å². The van der Waals surface area contributed by atoms with Crippen LogP contribution >= 0.6 is 0 Å². The van der Waals surface area contributed by atoms with Gasteiger partial charge in [0.05, 0.1) is 13.7 Å². The lowest BCUT2D eigenvalue weighted by molar-refractivity contribution is -0.148. The van der Waals surface area contributed by atoms with E-state index in [0.717, 1.165) is 0 Å². The zero-order valence-corrected chi connectivity index (χ0v) is 6.51. The third-order valence-electron chi connectivity index (χ3n) is 1.10. The monoisotopic (exact) mass is 147 g/mol. The molecular formula is C6H13NO3. The lowest BCUT2D eigenvalue weighted by Crippen LogP contribution is -2.49. The second kappa shape index (κ2) is 3.53. The molecule has 0 saturated carbocycles. The molecule has 0 unspecified atom stereocenters. The van der Waals surface area contributed by atoms with Gasteiger partial charge in [-0.3, -0.25) is 0 Å². The maximum atomic E-state index is 10.8. The van der Waals surface area contributed by atoms with Crippen molar-refractivity contribution in [2.75, 3.05) is 20.8 Å². The standard InChI is InChI=1S/C6H13NO3/c1-6(7,4-9-2)5(8)10-3/h4,7H2,1-3H3/t6-/m1/s1. The van der Waals surface area contributed by atoms with Crippen molar-refractivity contribution >= 4 is 5.97 Å². The van der Waals surface area contributed by atoms with Gasteiger partial charge in [0.15, 0.2) is 0 Å². The smallest absolute Gasteiger partial charge is 0.327 e. The maximum absolute atomic E-state index is 10.8. The Morgan fingerprint density at radius 3 is 2.40 bits per heavy atom. The first kappa shape index (κ1) is 9.39. The summed E-state index contributed by atoms with van der Waals surface area (Å²) in [5.41, 5.74) is 4.46. The Morgan fingerprint density at radius 2 is 2.10 bits per heavy atom. The molecule has 0 bridgehead atoms. The van der Waals surface area contributed by atoms with Gasteiger partial charge in [-0.2, -0.15) is 0 Å². The third kappa shape index (κ3) is 2.33. The normalized spacial score (nSPS) is 16.0. The van der Waals surface area contributed by atoms with Gasteiger partial charge in [-0.1, -0.05) is 0 Å². The molecule has 0 aromatic rings. The number of hydrogen-bond donors (Lipinski definition) is 1. The van der Waals surface area contributed by atoms with Crippen LogP contribution in [0.1, 0.15) is 6.92 Å². The Labute approximate surface area is 60.3 Å². The van der Waals surface area contributed by atoms with Crippen LogP contribution in [0, 0.1) is 0 Å². The van der Waals surface area contributed by atoms with Crippen LogP contribution < -0.4 is 5.73 Å². The number of carbonyl (C=O) groups excluding carboxylic acids is 1. The molecule has 4 nitrogen and oxygen atoms in total. The Hall–Kier alpha value is -0.610. The zero-order valence-electron chi connectivity index (χ0n) is 6.51. The highest BCUT2D eigenvalue weighted by Crippen LogP contribution is 2.00. The van der Waals surface area contributed by atoms with Crippen molar-refractivity contribution < 1.29 is 14.3 Å². The van der Waals surface area contributed by atoms with E-state index in [-0.39, 0.29) is 6.61 Å². The van der Waals surface area contributed by atoms with E-state index in [9.17, 15) is 4.79 Å². The highest BCUT2D eigenvalue weighted by atomic mass is 16.5. The van der Waals surface area contributed by atoms with Gasteiger partial charge in [-0.25, -0.2) is 4.79 Å². The lowest BCUT2D eigenvalue weighted by Gasteiger charge is -2.19. The van der Waals surface area contributed by atoms with Crippen LogP contribution in [-0.4, -0.2) is 32.3 Å². The van der Waals surface area contributed by atoms with Gasteiger partial charge in [0.2, 0.25) is 0 Å². The molecule has 0 aliphatic carbocycles. The number of methoxy groups -OCH3 is 2. The molecule has 10 heavy (non-hydrogen) atoms. The van der Waals surface area contributed by atoms with Crippen LogP contribution in [-0.2, 0) is 14.3 Å². The summed E-state index contributed by atoms with van der Waals surface area (Å²) in [6.45, 7) is 1.72. The molecule has 0 aliphatic rings. The number of ether oxygens (including phenoxy) is 2. The Bertz CT molecular complexity index is 122. The molecule has 0 saturated heterocycles. The van der Waals surface area contributed by atoms with E-state index >= 15 is 0 Å². The molecule has 2 N–H and O–H groups in total. The summed E-state index contributed by atoms with van der Waals surface area (Å²) < 4.78 is 9.13. The molecule has 0 aliphatic heterocycles. The van der Waals surface area contributed by atoms with Crippen molar-refractivity contribution in [3.8, 4) is 0 Å². The van der Waals surface area contributed by atoms with E-state index in [4.69, 9.17) is 10.5 Å². The molecule has 0 radical (unpaired) electrons. The number of rotatable bonds is 3. The molecule has 4 heteroatoms. The second-order valence-corrected chi connectivity index (χ2v) is 2.34. The highest BCUT2D eigenvalue weighted by molar-refractivity contribution is 5.80. The molecule has 1 atom stereocenters. The molecular weight excluding hydrogens is 134 g/mol. The van der Waals surface area contributed by atoms with Crippen molar-refractivity contribution in [2.45, 2.75) is 12.5 Å². The molecule has 0 rings (SSSR count). The molecule has 0 heterocycles. The number of nitrogens with two attached hydrogens (primary N) is 1. The van der Waals surface area contributed by atoms with E-state index in [1.165, 1.54) is 14.2 Å². The maximum Gasteiger partial charge on any atom is 0.327 e. The number of carbonyl (C=O) groups is 1. The first-order chi connectivity index (χ1) is 4.54. The van der Waals surface area contributed by atoms with Gasteiger partial charge >= 0.3 is 5.97 Å². The van der Waals surface area contributed by atoms with E-state index in [2.05, 4.69) is 4.74 Å². The molecule has 0 spiro atoms. The predicted octanol–water partition coefficient (Wildman–Crippen LogP) is -0.477. The third-order valence-corrected chi connectivity index (χ3v) is 1.10. The highest BCUT2D eigenvalue weighted by Gasteiger charge is 2.28. The minimum atomic E-state index is -1.02. The van der Waals surface area contributed by atoms with Crippen molar-refractivity contribution in [1.82, 2.24) is 0 Å². The quantitative estimate of drug-likeness (QED) is 0.548. The minimum absolute atomic E-state index is 0.166. The number of hydrogen-bond acceptors (Lipinski definition) is 4. The molecule has 0 fully saturated rings. The fourth-order valence-corrected chi connectivity index (χ4v) is 0.592. The van der Waals surface area contributed by atoms with Gasteiger partial charge in [0.1, 0.15) is 5.54 Å². The summed E-state index contributed by atoms with van der Waals surface area (Å²) in [4.78, 5) is 10.8. The van der Waals surface area contributed by atoms with Crippen LogP contribution in [0.4, 0.5) is 0 Å². The average molecular weight is 147 g/mol. The van der Waals surface area contributed by atoms with Crippen LogP contribution in [0.3, 0.4) is 0 Å². The van der Waals surface area contributed by atoms with E-state index in [0.29, 0.717) is 0 Å².